The summed E-state index contributed by atoms with van der Waals surface area (Å²) in [5, 5.41) is 2.83. The van der Waals surface area contributed by atoms with Gasteiger partial charge in [-0.1, -0.05) is 53.7 Å². The molecule has 29 heavy (non-hydrogen) atoms. The highest BCUT2D eigenvalue weighted by atomic mass is 35.5. The van der Waals surface area contributed by atoms with E-state index in [-0.39, 0.29) is 16.5 Å². The second-order valence-electron chi connectivity index (χ2n) is 6.07. The molecule has 1 heterocycles. The molecule has 150 valence electrons. The minimum Gasteiger partial charge on any atom is -0.324 e. The highest BCUT2D eigenvalue weighted by Gasteiger charge is 2.31. The zero-order valence-electron chi connectivity index (χ0n) is 15.1. The van der Waals surface area contributed by atoms with Crippen molar-refractivity contribution in [1.82, 2.24) is 9.97 Å². The SMILES string of the molecule is Cc1cc(-c2ccccc2)nc(SCC(=O)Nc2cc(C(F)(F)F)ccc2Cl)n1. The topological polar surface area (TPSA) is 54.9 Å². The number of hydrogen-bond acceptors (Lipinski definition) is 4. The molecule has 3 aromatic rings. The summed E-state index contributed by atoms with van der Waals surface area (Å²) in [6, 6.07) is 14.1. The molecule has 1 N–H and O–H groups in total. The third kappa shape index (κ3) is 5.71. The van der Waals surface area contributed by atoms with Crippen LogP contribution in [0, 0.1) is 6.92 Å². The highest BCUT2D eigenvalue weighted by Crippen LogP contribution is 2.34. The Balaban J connectivity index is 1.70. The minimum atomic E-state index is -4.53. The summed E-state index contributed by atoms with van der Waals surface area (Å²) in [5.74, 6) is -0.591. The van der Waals surface area contributed by atoms with Crippen molar-refractivity contribution in [2.24, 2.45) is 0 Å². The molecule has 0 saturated heterocycles. The Kier molecular flexibility index (Phi) is 6.44. The number of carbonyl (C=O) groups is 1. The fourth-order valence-electron chi connectivity index (χ4n) is 2.48. The molecule has 1 amide bonds. The largest absolute Gasteiger partial charge is 0.416 e. The zero-order valence-corrected chi connectivity index (χ0v) is 16.7. The second kappa shape index (κ2) is 8.84. The maximum atomic E-state index is 12.8. The first-order valence-corrected chi connectivity index (χ1v) is 9.79. The molecule has 0 radical (unpaired) electrons. The smallest absolute Gasteiger partial charge is 0.324 e. The van der Waals surface area contributed by atoms with E-state index >= 15 is 0 Å². The molecule has 4 nitrogen and oxygen atoms in total. The number of anilines is 1. The molecule has 0 atom stereocenters. The number of halogens is 4. The molecule has 0 aliphatic rings. The zero-order chi connectivity index (χ0) is 21.0. The molecule has 0 unspecified atom stereocenters. The van der Waals surface area contributed by atoms with Crippen LogP contribution in [0.3, 0.4) is 0 Å². The summed E-state index contributed by atoms with van der Waals surface area (Å²) in [7, 11) is 0. The maximum absolute atomic E-state index is 12.8. The Morgan fingerprint density at radius 3 is 2.52 bits per heavy atom. The van der Waals surface area contributed by atoms with Crippen LogP contribution in [-0.2, 0) is 11.0 Å². The average Bonchev–Trinajstić information content (AvgIpc) is 2.67. The molecule has 0 aliphatic carbocycles. The van der Waals surface area contributed by atoms with E-state index in [1.807, 2.05) is 43.3 Å². The van der Waals surface area contributed by atoms with Gasteiger partial charge in [0, 0.05) is 11.3 Å². The van der Waals surface area contributed by atoms with E-state index in [0.717, 1.165) is 46.9 Å². The number of benzene rings is 2. The fourth-order valence-corrected chi connectivity index (χ4v) is 3.35. The van der Waals surface area contributed by atoms with Crippen molar-refractivity contribution in [3.8, 4) is 11.3 Å². The van der Waals surface area contributed by atoms with Gasteiger partial charge in [0.25, 0.3) is 0 Å². The molecule has 1 aromatic heterocycles. The fraction of sp³-hybridized carbons (Fsp3) is 0.150. The minimum absolute atomic E-state index is 0.0227. The van der Waals surface area contributed by atoms with Gasteiger partial charge < -0.3 is 5.32 Å². The van der Waals surface area contributed by atoms with Crippen LogP contribution in [0.5, 0.6) is 0 Å². The molecule has 9 heteroatoms. The van der Waals surface area contributed by atoms with Crippen LogP contribution in [-0.4, -0.2) is 21.6 Å². The van der Waals surface area contributed by atoms with Gasteiger partial charge in [-0.05, 0) is 31.2 Å². The first-order valence-electron chi connectivity index (χ1n) is 8.43. The van der Waals surface area contributed by atoms with Gasteiger partial charge in [-0.3, -0.25) is 4.79 Å². The van der Waals surface area contributed by atoms with E-state index < -0.39 is 17.6 Å². The van der Waals surface area contributed by atoms with E-state index in [4.69, 9.17) is 11.6 Å². The number of amides is 1. The lowest BCUT2D eigenvalue weighted by atomic mass is 10.1. The second-order valence-corrected chi connectivity index (χ2v) is 7.42. The summed E-state index contributed by atoms with van der Waals surface area (Å²) < 4.78 is 38.5. The number of thioether (sulfide) groups is 1. The number of carbonyl (C=O) groups excluding carboxylic acids is 1. The van der Waals surface area contributed by atoms with Crippen LogP contribution < -0.4 is 5.32 Å². The van der Waals surface area contributed by atoms with Crippen LogP contribution >= 0.6 is 23.4 Å². The van der Waals surface area contributed by atoms with Crippen LogP contribution in [0.2, 0.25) is 5.02 Å². The van der Waals surface area contributed by atoms with Crippen molar-refractivity contribution in [2.45, 2.75) is 18.3 Å². The van der Waals surface area contributed by atoms with Gasteiger partial charge in [-0.15, -0.1) is 0 Å². The summed E-state index contributed by atoms with van der Waals surface area (Å²) in [6.45, 7) is 1.82. The Morgan fingerprint density at radius 2 is 1.83 bits per heavy atom. The summed E-state index contributed by atoms with van der Waals surface area (Å²) >= 11 is 6.99. The molecule has 0 bridgehead atoms. The Bertz CT molecular complexity index is 1030. The van der Waals surface area contributed by atoms with Crippen LogP contribution in [0.4, 0.5) is 18.9 Å². The van der Waals surface area contributed by atoms with Crippen LogP contribution in [0.15, 0.2) is 59.8 Å². The predicted octanol–water partition coefficient (Wildman–Crippen LogP) is 5.86. The number of nitrogens with zero attached hydrogens (tertiary/aromatic N) is 2. The summed E-state index contributed by atoms with van der Waals surface area (Å²) in [5.41, 5.74) is 1.39. The van der Waals surface area contributed by atoms with Gasteiger partial charge in [0.15, 0.2) is 5.16 Å². The standard InChI is InChI=1S/C20H15ClF3N3OS/c1-12-9-16(13-5-3-2-4-6-13)27-19(25-12)29-11-18(28)26-17-10-14(20(22,23)24)7-8-15(17)21/h2-10H,11H2,1H3,(H,26,28). The summed E-state index contributed by atoms with van der Waals surface area (Å²) in [6.07, 6.45) is -4.53. The molecule has 0 saturated carbocycles. The lowest BCUT2D eigenvalue weighted by molar-refractivity contribution is -0.137. The van der Waals surface area contributed by atoms with Crippen molar-refractivity contribution < 1.29 is 18.0 Å². The number of aryl methyl sites for hydroxylation is 1. The van der Waals surface area contributed by atoms with Gasteiger partial charge in [0.1, 0.15) is 0 Å². The van der Waals surface area contributed by atoms with Gasteiger partial charge in [-0.2, -0.15) is 13.2 Å². The monoisotopic (exact) mass is 437 g/mol. The number of hydrogen-bond donors (Lipinski definition) is 1. The molecule has 3 rings (SSSR count). The van der Waals surface area contributed by atoms with Crippen molar-refractivity contribution in [1.29, 1.82) is 0 Å². The van der Waals surface area contributed by atoms with Gasteiger partial charge in [-0.25, -0.2) is 9.97 Å². The third-order valence-electron chi connectivity index (χ3n) is 3.80. The van der Waals surface area contributed by atoms with Gasteiger partial charge in [0.2, 0.25) is 5.91 Å². The lowest BCUT2D eigenvalue weighted by Crippen LogP contribution is -2.15. The van der Waals surface area contributed by atoms with Crippen molar-refractivity contribution in [3.05, 3.63) is 70.9 Å². The van der Waals surface area contributed by atoms with E-state index in [2.05, 4.69) is 15.3 Å². The molecule has 0 aliphatic heterocycles. The maximum Gasteiger partial charge on any atom is 0.416 e. The van der Waals surface area contributed by atoms with E-state index in [9.17, 15) is 18.0 Å². The normalized spacial score (nSPS) is 11.3. The van der Waals surface area contributed by atoms with Crippen molar-refractivity contribution in [3.63, 3.8) is 0 Å². The number of alkyl halides is 3. The Morgan fingerprint density at radius 1 is 1.10 bits per heavy atom. The molecule has 0 spiro atoms. The molecular formula is C20H15ClF3N3OS. The quantitative estimate of drug-likeness (QED) is 0.401. The van der Waals surface area contributed by atoms with Gasteiger partial charge in [0.05, 0.1) is 27.7 Å². The molecule has 0 fully saturated rings. The third-order valence-corrected chi connectivity index (χ3v) is 4.98. The first-order chi connectivity index (χ1) is 13.7. The average molecular weight is 438 g/mol. The predicted molar refractivity (Wildman–Crippen MR) is 108 cm³/mol. The Labute approximate surface area is 174 Å². The number of rotatable bonds is 5. The van der Waals surface area contributed by atoms with Crippen molar-refractivity contribution >= 4 is 35.0 Å². The van der Waals surface area contributed by atoms with Crippen molar-refractivity contribution in [2.75, 3.05) is 11.1 Å². The summed E-state index contributed by atoms with van der Waals surface area (Å²) in [4.78, 5) is 21.0. The molecular weight excluding hydrogens is 423 g/mol. The number of aromatic nitrogens is 2. The lowest BCUT2D eigenvalue weighted by Gasteiger charge is -2.11. The van der Waals surface area contributed by atoms with E-state index in [1.54, 1.807) is 0 Å². The molecule has 2 aromatic carbocycles. The Hall–Kier alpha value is -2.58. The van der Waals surface area contributed by atoms with Crippen LogP contribution in [0.1, 0.15) is 11.3 Å². The van der Waals surface area contributed by atoms with Gasteiger partial charge >= 0.3 is 6.18 Å². The highest BCUT2D eigenvalue weighted by molar-refractivity contribution is 7.99. The van der Waals surface area contributed by atoms with Crippen LogP contribution in [0.25, 0.3) is 11.3 Å². The van der Waals surface area contributed by atoms with E-state index in [0.29, 0.717) is 5.16 Å². The number of nitrogens with one attached hydrogen (secondary N) is 1. The van der Waals surface area contributed by atoms with E-state index in [1.165, 1.54) is 0 Å². The first kappa shape index (κ1) is 21.1.